The Morgan fingerprint density at radius 2 is 2.19 bits per heavy atom. The van der Waals surface area contributed by atoms with Crippen molar-refractivity contribution in [3.05, 3.63) is 6.33 Å². The Balaban J connectivity index is 1.57. The lowest BCUT2D eigenvalue weighted by atomic mass is 10.0. The van der Waals surface area contributed by atoms with Gasteiger partial charge in [-0.05, 0) is 26.2 Å². The van der Waals surface area contributed by atoms with E-state index < -0.39 is 11.9 Å². The summed E-state index contributed by atoms with van der Waals surface area (Å²) < 4.78 is 2.02. The summed E-state index contributed by atoms with van der Waals surface area (Å²) in [5.74, 6) is -1.02. The van der Waals surface area contributed by atoms with Crippen molar-refractivity contribution in [1.82, 2.24) is 19.7 Å². The number of amides is 1. The minimum Gasteiger partial charge on any atom is -0.481 e. The van der Waals surface area contributed by atoms with Gasteiger partial charge in [-0.2, -0.15) is 0 Å². The van der Waals surface area contributed by atoms with Gasteiger partial charge in [-0.3, -0.25) is 9.59 Å². The highest BCUT2D eigenvalue weighted by Crippen LogP contribution is 2.37. The highest BCUT2D eigenvalue weighted by Gasteiger charge is 2.38. The standard InChI is InChI=1S/C13H18N4O3S/c1-8-10(12(19)20)4-5-16(8)11(18)6-21-13-15-14-7-17(13)9-2-3-9/h7-10H,2-6H2,1H3,(H,19,20). The molecule has 0 radical (unpaired) electrons. The van der Waals surface area contributed by atoms with Gasteiger partial charge in [-0.1, -0.05) is 11.8 Å². The van der Waals surface area contributed by atoms with E-state index in [1.807, 2.05) is 4.57 Å². The molecule has 0 bridgehead atoms. The zero-order chi connectivity index (χ0) is 15.0. The summed E-state index contributed by atoms with van der Waals surface area (Å²) in [6.45, 7) is 2.33. The number of carbonyl (C=O) groups is 2. The molecule has 1 aromatic heterocycles. The lowest BCUT2D eigenvalue weighted by Gasteiger charge is -2.23. The van der Waals surface area contributed by atoms with E-state index in [4.69, 9.17) is 5.11 Å². The number of rotatable bonds is 5. The van der Waals surface area contributed by atoms with E-state index in [1.54, 1.807) is 18.2 Å². The average molecular weight is 310 g/mol. The molecule has 1 amide bonds. The Morgan fingerprint density at radius 1 is 1.43 bits per heavy atom. The first-order valence-corrected chi connectivity index (χ1v) is 8.11. The maximum absolute atomic E-state index is 12.3. The van der Waals surface area contributed by atoms with Crippen LogP contribution in [0.25, 0.3) is 0 Å². The van der Waals surface area contributed by atoms with E-state index in [9.17, 15) is 9.59 Å². The molecule has 2 heterocycles. The van der Waals surface area contributed by atoms with Gasteiger partial charge in [0, 0.05) is 18.6 Å². The molecule has 1 aliphatic carbocycles. The lowest BCUT2D eigenvalue weighted by Crippen LogP contribution is -2.38. The zero-order valence-corrected chi connectivity index (χ0v) is 12.6. The first-order valence-electron chi connectivity index (χ1n) is 7.12. The predicted molar refractivity (Wildman–Crippen MR) is 75.9 cm³/mol. The van der Waals surface area contributed by atoms with Crippen molar-refractivity contribution in [3.63, 3.8) is 0 Å². The predicted octanol–water partition coefficient (Wildman–Crippen LogP) is 1.03. The van der Waals surface area contributed by atoms with Crippen LogP contribution in [0.3, 0.4) is 0 Å². The third-order valence-electron chi connectivity index (χ3n) is 4.20. The van der Waals surface area contributed by atoms with Crippen molar-refractivity contribution in [2.24, 2.45) is 5.92 Å². The van der Waals surface area contributed by atoms with Gasteiger partial charge < -0.3 is 14.6 Å². The second-order valence-corrected chi connectivity index (χ2v) is 6.54. The van der Waals surface area contributed by atoms with Crippen LogP contribution in [0.15, 0.2) is 11.5 Å². The van der Waals surface area contributed by atoms with Crippen molar-refractivity contribution in [3.8, 4) is 0 Å². The number of carboxylic acids is 1. The lowest BCUT2D eigenvalue weighted by molar-refractivity contribution is -0.142. The smallest absolute Gasteiger partial charge is 0.308 e. The largest absolute Gasteiger partial charge is 0.481 e. The Labute approximate surface area is 126 Å². The summed E-state index contributed by atoms with van der Waals surface area (Å²) in [5, 5.41) is 17.8. The number of likely N-dealkylation sites (tertiary alicyclic amines) is 1. The van der Waals surface area contributed by atoms with Crippen LogP contribution in [0.1, 0.15) is 32.2 Å². The molecule has 2 aliphatic rings. The topological polar surface area (TPSA) is 88.3 Å². The van der Waals surface area contributed by atoms with Crippen LogP contribution in [0.2, 0.25) is 0 Å². The summed E-state index contributed by atoms with van der Waals surface area (Å²) >= 11 is 1.38. The van der Waals surface area contributed by atoms with E-state index in [0.717, 1.165) is 18.0 Å². The van der Waals surface area contributed by atoms with Gasteiger partial charge in [-0.15, -0.1) is 10.2 Å². The minimum absolute atomic E-state index is 0.0263. The van der Waals surface area contributed by atoms with Crippen LogP contribution in [0.4, 0.5) is 0 Å². The summed E-state index contributed by atoms with van der Waals surface area (Å²) in [4.78, 5) is 25.0. The number of carbonyl (C=O) groups excluding carboxylic acids is 1. The van der Waals surface area contributed by atoms with Gasteiger partial charge in [-0.25, -0.2) is 0 Å². The molecular formula is C13H18N4O3S. The van der Waals surface area contributed by atoms with E-state index in [2.05, 4.69) is 10.2 Å². The highest BCUT2D eigenvalue weighted by molar-refractivity contribution is 7.99. The third kappa shape index (κ3) is 2.90. The maximum Gasteiger partial charge on any atom is 0.308 e. The number of hydrogen-bond donors (Lipinski definition) is 1. The molecule has 8 heteroatoms. The molecule has 7 nitrogen and oxygen atoms in total. The Kier molecular flexibility index (Phi) is 3.88. The number of aliphatic carboxylic acids is 1. The van der Waals surface area contributed by atoms with Crippen LogP contribution < -0.4 is 0 Å². The molecule has 0 aromatic carbocycles. The van der Waals surface area contributed by atoms with Crippen molar-refractivity contribution in [2.75, 3.05) is 12.3 Å². The second kappa shape index (κ2) is 5.67. The van der Waals surface area contributed by atoms with Gasteiger partial charge in [0.25, 0.3) is 0 Å². The molecule has 114 valence electrons. The molecule has 21 heavy (non-hydrogen) atoms. The Bertz CT molecular complexity index is 557. The highest BCUT2D eigenvalue weighted by atomic mass is 32.2. The fraction of sp³-hybridized carbons (Fsp3) is 0.692. The first kappa shape index (κ1) is 14.4. The van der Waals surface area contributed by atoms with Gasteiger partial charge in [0.05, 0.1) is 11.7 Å². The van der Waals surface area contributed by atoms with Gasteiger partial charge in [0.2, 0.25) is 5.91 Å². The van der Waals surface area contributed by atoms with E-state index in [1.165, 1.54) is 11.8 Å². The Morgan fingerprint density at radius 3 is 2.81 bits per heavy atom. The van der Waals surface area contributed by atoms with E-state index in [-0.39, 0.29) is 17.7 Å². The quantitative estimate of drug-likeness (QED) is 0.817. The molecule has 0 spiro atoms. The van der Waals surface area contributed by atoms with Crippen molar-refractivity contribution in [2.45, 2.75) is 43.4 Å². The summed E-state index contributed by atoms with van der Waals surface area (Å²) in [6.07, 6.45) is 4.53. The molecule has 1 aliphatic heterocycles. The van der Waals surface area contributed by atoms with Gasteiger partial charge in [0.15, 0.2) is 5.16 Å². The first-order chi connectivity index (χ1) is 10.1. The average Bonchev–Trinajstić information content (AvgIpc) is 3.05. The van der Waals surface area contributed by atoms with E-state index in [0.29, 0.717) is 19.0 Å². The summed E-state index contributed by atoms with van der Waals surface area (Å²) in [6, 6.07) is 0.247. The van der Waals surface area contributed by atoms with Crippen molar-refractivity contribution < 1.29 is 14.7 Å². The monoisotopic (exact) mass is 310 g/mol. The molecule has 2 unspecified atom stereocenters. The number of aromatic nitrogens is 3. The van der Waals surface area contributed by atoms with Crippen LogP contribution in [0, 0.1) is 5.92 Å². The van der Waals surface area contributed by atoms with Gasteiger partial charge in [0.1, 0.15) is 6.33 Å². The summed E-state index contributed by atoms with van der Waals surface area (Å²) in [5.41, 5.74) is 0. The van der Waals surface area contributed by atoms with Crippen LogP contribution in [-0.2, 0) is 9.59 Å². The molecule has 3 rings (SSSR count). The normalized spacial score (nSPS) is 25.3. The minimum atomic E-state index is -0.820. The van der Waals surface area contributed by atoms with Crippen LogP contribution >= 0.6 is 11.8 Å². The number of thioether (sulfide) groups is 1. The van der Waals surface area contributed by atoms with E-state index >= 15 is 0 Å². The van der Waals surface area contributed by atoms with Crippen molar-refractivity contribution >= 4 is 23.6 Å². The SMILES string of the molecule is CC1C(C(=O)O)CCN1C(=O)CSc1nncn1C1CC1. The third-order valence-corrected chi connectivity index (χ3v) is 5.14. The fourth-order valence-corrected chi connectivity index (χ4v) is 3.64. The number of carboxylic acid groups (broad SMARTS) is 1. The molecule has 1 aromatic rings. The maximum atomic E-state index is 12.3. The zero-order valence-electron chi connectivity index (χ0n) is 11.8. The second-order valence-electron chi connectivity index (χ2n) is 5.60. The molecule has 1 saturated carbocycles. The van der Waals surface area contributed by atoms with Crippen molar-refractivity contribution in [1.29, 1.82) is 0 Å². The van der Waals surface area contributed by atoms with Crippen LogP contribution in [0.5, 0.6) is 0 Å². The number of hydrogen-bond acceptors (Lipinski definition) is 5. The fourth-order valence-electron chi connectivity index (χ4n) is 2.77. The Hall–Kier alpha value is -1.57. The molecule has 2 atom stereocenters. The molecule has 2 fully saturated rings. The number of nitrogens with zero attached hydrogens (tertiary/aromatic N) is 4. The molecular weight excluding hydrogens is 292 g/mol. The molecule has 1 N–H and O–H groups in total. The molecule has 1 saturated heterocycles. The van der Waals surface area contributed by atoms with Gasteiger partial charge >= 0.3 is 5.97 Å². The van der Waals surface area contributed by atoms with Crippen LogP contribution in [-0.4, -0.2) is 55.0 Å². The summed E-state index contributed by atoms with van der Waals surface area (Å²) in [7, 11) is 0.